The van der Waals surface area contributed by atoms with Gasteiger partial charge in [-0.15, -0.1) is 0 Å². The van der Waals surface area contributed by atoms with Gasteiger partial charge in [-0.1, -0.05) is 45.7 Å². The molecule has 1 atom stereocenters. The van der Waals surface area contributed by atoms with Crippen molar-refractivity contribution >= 4 is 31.9 Å². The van der Waals surface area contributed by atoms with Gasteiger partial charge in [0.15, 0.2) is 0 Å². The molecule has 4 nitrogen and oxygen atoms in total. The standard InChI is InChI=1S/C15H20Br2N4/c1-10(2)8-21-15(19-9-20-21)7-14(18-3)11-4-12(16)6-13(17)5-11/h4-6,9-10,14,18H,7-8H2,1-3H3. The first-order valence-electron chi connectivity index (χ1n) is 6.99. The third-order valence-corrected chi connectivity index (χ3v) is 4.17. The van der Waals surface area contributed by atoms with Gasteiger partial charge >= 0.3 is 0 Å². The number of likely N-dealkylation sites (N-methyl/N-ethyl adjacent to an activating group) is 1. The molecule has 0 saturated heterocycles. The Morgan fingerprint density at radius 2 is 1.86 bits per heavy atom. The molecule has 2 aromatic rings. The molecule has 1 N–H and O–H groups in total. The highest BCUT2D eigenvalue weighted by Crippen LogP contribution is 2.26. The van der Waals surface area contributed by atoms with Gasteiger partial charge in [0.1, 0.15) is 12.2 Å². The van der Waals surface area contributed by atoms with Crippen LogP contribution in [0.1, 0.15) is 31.3 Å². The lowest BCUT2D eigenvalue weighted by molar-refractivity contribution is 0.451. The molecule has 6 heteroatoms. The largest absolute Gasteiger partial charge is 0.313 e. The van der Waals surface area contributed by atoms with Gasteiger partial charge in [0.2, 0.25) is 0 Å². The van der Waals surface area contributed by atoms with E-state index in [0.717, 1.165) is 27.7 Å². The molecule has 0 fully saturated rings. The lowest BCUT2D eigenvalue weighted by Crippen LogP contribution is -2.22. The van der Waals surface area contributed by atoms with Gasteiger partial charge in [0, 0.05) is 28.0 Å². The van der Waals surface area contributed by atoms with Crippen LogP contribution in [-0.4, -0.2) is 21.8 Å². The molecule has 2 rings (SSSR count). The third kappa shape index (κ3) is 4.63. The molecule has 0 spiro atoms. The fourth-order valence-electron chi connectivity index (χ4n) is 2.29. The third-order valence-electron chi connectivity index (χ3n) is 3.26. The summed E-state index contributed by atoms with van der Waals surface area (Å²) in [7, 11) is 1.97. The van der Waals surface area contributed by atoms with Crippen LogP contribution in [0.4, 0.5) is 0 Å². The minimum atomic E-state index is 0.203. The number of aromatic nitrogens is 3. The number of hydrogen-bond acceptors (Lipinski definition) is 3. The molecule has 1 aromatic carbocycles. The summed E-state index contributed by atoms with van der Waals surface area (Å²) < 4.78 is 4.13. The zero-order chi connectivity index (χ0) is 15.4. The van der Waals surface area contributed by atoms with Crippen LogP contribution in [-0.2, 0) is 13.0 Å². The van der Waals surface area contributed by atoms with Gasteiger partial charge in [0.05, 0.1) is 0 Å². The van der Waals surface area contributed by atoms with E-state index in [1.165, 1.54) is 5.56 Å². The quantitative estimate of drug-likeness (QED) is 0.776. The van der Waals surface area contributed by atoms with Gasteiger partial charge in [0.25, 0.3) is 0 Å². The number of benzene rings is 1. The van der Waals surface area contributed by atoms with Gasteiger partial charge < -0.3 is 5.32 Å². The Labute approximate surface area is 142 Å². The van der Waals surface area contributed by atoms with Crippen molar-refractivity contribution in [2.24, 2.45) is 5.92 Å². The molecular formula is C15H20Br2N4. The van der Waals surface area contributed by atoms with Crippen molar-refractivity contribution in [3.05, 3.63) is 44.9 Å². The molecule has 21 heavy (non-hydrogen) atoms. The molecule has 1 unspecified atom stereocenters. The van der Waals surface area contributed by atoms with Crippen molar-refractivity contribution in [2.45, 2.75) is 32.9 Å². The molecule has 0 saturated carbocycles. The van der Waals surface area contributed by atoms with E-state index < -0.39 is 0 Å². The highest BCUT2D eigenvalue weighted by atomic mass is 79.9. The van der Waals surface area contributed by atoms with Crippen molar-refractivity contribution in [1.82, 2.24) is 20.1 Å². The zero-order valence-electron chi connectivity index (χ0n) is 12.5. The molecular weight excluding hydrogens is 396 g/mol. The fraction of sp³-hybridized carbons (Fsp3) is 0.467. The van der Waals surface area contributed by atoms with Crippen LogP contribution in [0.2, 0.25) is 0 Å². The van der Waals surface area contributed by atoms with E-state index in [1.54, 1.807) is 6.33 Å². The van der Waals surface area contributed by atoms with E-state index in [0.29, 0.717) is 5.92 Å². The normalized spacial score (nSPS) is 12.9. The first-order chi connectivity index (χ1) is 9.99. The zero-order valence-corrected chi connectivity index (χ0v) is 15.6. The Morgan fingerprint density at radius 1 is 1.19 bits per heavy atom. The van der Waals surface area contributed by atoms with E-state index in [1.807, 2.05) is 17.8 Å². The Balaban J connectivity index is 2.21. The number of nitrogens with zero attached hydrogens (tertiary/aromatic N) is 3. The van der Waals surface area contributed by atoms with Gasteiger partial charge in [-0.25, -0.2) is 9.67 Å². The van der Waals surface area contributed by atoms with Crippen LogP contribution in [0, 0.1) is 5.92 Å². The lowest BCUT2D eigenvalue weighted by atomic mass is 10.0. The topological polar surface area (TPSA) is 42.7 Å². The predicted octanol–water partition coefficient (Wildman–Crippen LogP) is 3.96. The highest BCUT2D eigenvalue weighted by Gasteiger charge is 2.16. The van der Waals surface area contributed by atoms with E-state index in [9.17, 15) is 0 Å². The smallest absolute Gasteiger partial charge is 0.138 e. The van der Waals surface area contributed by atoms with E-state index >= 15 is 0 Å². The molecule has 0 aliphatic rings. The summed E-state index contributed by atoms with van der Waals surface area (Å²) in [6.45, 7) is 5.27. The average Bonchev–Trinajstić information content (AvgIpc) is 2.81. The first-order valence-corrected chi connectivity index (χ1v) is 8.58. The molecule has 1 aromatic heterocycles. The van der Waals surface area contributed by atoms with Crippen LogP contribution >= 0.6 is 31.9 Å². The van der Waals surface area contributed by atoms with Crippen molar-refractivity contribution in [1.29, 1.82) is 0 Å². The van der Waals surface area contributed by atoms with E-state index in [4.69, 9.17) is 0 Å². The van der Waals surface area contributed by atoms with Crippen molar-refractivity contribution in [2.75, 3.05) is 7.05 Å². The number of rotatable bonds is 6. The second-order valence-corrected chi connectivity index (χ2v) is 7.33. The average molecular weight is 416 g/mol. The molecule has 0 amide bonds. The maximum absolute atomic E-state index is 4.42. The minimum absolute atomic E-state index is 0.203. The lowest BCUT2D eigenvalue weighted by Gasteiger charge is -2.18. The summed E-state index contributed by atoms with van der Waals surface area (Å²) in [5, 5.41) is 7.70. The van der Waals surface area contributed by atoms with Gasteiger partial charge in [-0.2, -0.15) is 5.10 Å². The van der Waals surface area contributed by atoms with Crippen molar-refractivity contribution in [3.63, 3.8) is 0 Å². The second kappa shape index (κ2) is 7.51. The van der Waals surface area contributed by atoms with Gasteiger partial charge in [-0.3, -0.25) is 0 Å². The van der Waals surface area contributed by atoms with Crippen LogP contribution in [0.3, 0.4) is 0 Å². The first kappa shape index (κ1) is 16.6. The summed E-state index contributed by atoms with van der Waals surface area (Å²) in [6.07, 6.45) is 2.45. The molecule has 1 heterocycles. The SMILES string of the molecule is CNC(Cc1ncnn1CC(C)C)c1cc(Br)cc(Br)c1. The maximum atomic E-state index is 4.42. The second-order valence-electron chi connectivity index (χ2n) is 5.50. The molecule has 0 bridgehead atoms. The Bertz CT molecular complexity index is 575. The Morgan fingerprint density at radius 3 is 2.43 bits per heavy atom. The minimum Gasteiger partial charge on any atom is -0.313 e. The number of halogens is 2. The Kier molecular flexibility index (Phi) is 5.96. The van der Waals surface area contributed by atoms with Crippen LogP contribution in [0.25, 0.3) is 0 Å². The summed E-state index contributed by atoms with van der Waals surface area (Å²) in [5.41, 5.74) is 1.22. The monoisotopic (exact) mass is 414 g/mol. The van der Waals surface area contributed by atoms with E-state index in [2.05, 4.69) is 73.2 Å². The van der Waals surface area contributed by atoms with Crippen LogP contribution in [0.15, 0.2) is 33.5 Å². The summed E-state index contributed by atoms with van der Waals surface area (Å²) >= 11 is 7.09. The number of hydrogen-bond donors (Lipinski definition) is 1. The molecule has 114 valence electrons. The summed E-state index contributed by atoms with van der Waals surface area (Å²) in [4.78, 5) is 4.42. The fourth-order valence-corrected chi connectivity index (χ4v) is 3.62. The predicted molar refractivity (Wildman–Crippen MR) is 92.2 cm³/mol. The van der Waals surface area contributed by atoms with Crippen LogP contribution in [0.5, 0.6) is 0 Å². The van der Waals surface area contributed by atoms with Crippen molar-refractivity contribution < 1.29 is 0 Å². The summed E-state index contributed by atoms with van der Waals surface area (Å²) in [6, 6.07) is 6.51. The number of nitrogens with one attached hydrogen (secondary N) is 1. The van der Waals surface area contributed by atoms with Gasteiger partial charge in [-0.05, 0) is 36.7 Å². The van der Waals surface area contributed by atoms with Crippen LogP contribution < -0.4 is 5.32 Å². The van der Waals surface area contributed by atoms with E-state index in [-0.39, 0.29) is 6.04 Å². The molecule has 0 radical (unpaired) electrons. The Hall–Kier alpha value is -0.720. The summed E-state index contributed by atoms with van der Waals surface area (Å²) in [5.74, 6) is 1.57. The maximum Gasteiger partial charge on any atom is 0.138 e. The highest BCUT2D eigenvalue weighted by molar-refractivity contribution is 9.11. The molecule has 0 aliphatic heterocycles. The molecule has 0 aliphatic carbocycles. The van der Waals surface area contributed by atoms with Crippen molar-refractivity contribution in [3.8, 4) is 0 Å².